The molecule has 0 fully saturated rings. The molecule has 9 nitrogen and oxygen atoms in total. The van der Waals surface area contributed by atoms with Crippen LogP contribution in [-0.4, -0.2) is 42.7 Å². The number of ether oxygens (including phenoxy) is 4. The molecule has 0 aromatic heterocycles. The van der Waals surface area contributed by atoms with E-state index in [1.165, 1.54) is 0 Å². The largest absolute Gasteiger partial charge is 0.514 e. The molecule has 0 radical (unpaired) electrons. The molecule has 0 bridgehead atoms. The predicted octanol–water partition coefficient (Wildman–Crippen LogP) is 7.44. The van der Waals surface area contributed by atoms with Crippen molar-refractivity contribution < 1.29 is 41.5 Å². The average Bonchev–Trinajstić information content (AvgIpc) is 2.75. The van der Waals surface area contributed by atoms with E-state index in [0.717, 1.165) is 27.1 Å². The number of rotatable bonds is 4. The van der Waals surface area contributed by atoms with Crippen LogP contribution in [0.2, 0.25) is 0 Å². The Kier molecular flexibility index (Phi) is 10.8. The zero-order chi connectivity index (χ0) is 30.3. The molecule has 1 N–H and O–H groups in total. The molecule has 3 rings (SSSR count). The van der Waals surface area contributed by atoms with Gasteiger partial charge in [0.2, 0.25) is 0 Å². The minimum atomic E-state index is -3.67. The number of carbonyl (C=O) groups is 2. The molecular formula is C29H34O9S2. The summed E-state index contributed by atoms with van der Waals surface area (Å²) >= 11 is 4.68. The van der Waals surface area contributed by atoms with Crippen LogP contribution in [0.4, 0.5) is 9.59 Å². The predicted molar refractivity (Wildman–Crippen MR) is 156 cm³/mol. The van der Waals surface area contributed by atoms with E-state index in [-0.39, 0.29) is 0 Å². The van der Waals surface area contributed by atoms with Crippen molar-refractivity contribution in [3.8, 4) is 33.8 Å². The summed E-state index contributed by atoms with van der Waals surface area (Å²) in [6, 6.07) is 20.0. The lowest BCUT2D eigenvalue weighted by Gasteiger charge is -2.19. The molecule has 40 heavy (non-hydrogen) atoms. The maximum absolute atomic E-state index is 12.1. The highest BCUT2D eigenvalue weighted by molar-refractivity contribution is 7.85. The van der Waals surface area contributed by atoms with Crippen LogP contribution >= 0.6 is 12.6 Å². The van der Waals surface area contributed by atoms with E-state index in [1.54, 1.807) is 77.9 Å². The van der Waals surface area contributed by atoms with Crippen molar-refractivity contribution in [2.45, 2.75) is 57.6 Å². The van der Waals surface area contributed by atoms with E-state index >= 15 is 0 Å². The van der Waals surface area contributed by atoms with Gasteiger partial charge < -0.3 is 18.9 Å². The molecule has 0 unspecified atom stereocenters. The highest BCUT2D eigenvalue weighted by Crippen LogP contribution is 2.39. The van der Waals surface area contributed by atoms with Crippen LogP contribution in [0.25, 0.3) is 22.3 Å². The van der Waals surface area contributed by atoms with Gasteiger partial charge in [0.25, 0.3) is 10.1 Å². The number of benzene rings is 3. The molecular weight excluding hydrogens is 556 g/mol. The molecule has 0 aliphatic carbocycles. The monoisotopic (exact) mass is 590 g/mol. The Balaban J connectivity index is 0.00000103. The zero-order valence-electron chi connectivity index (χ0n) is 23.4. The third-order valence-electron chi connectivity index (χ3n) is 4.49. The first-order valence-corrected chi connectivity index (χ1v) is 14.4. The lowest BCUT2D eigenvalue weighted by molar-refractivity contribution is 0.0193. The van der Waals surface area contributed by atoms with Crippen molar-refractivity contribution in [1.29, 1.82) is 0 Å². The molecule has 216 valence electrons. The maximum Gasteiger partial charge on any atom is 0.514 e. The van der Waals surface area contributed by atoms with Crippen molar-refractivity contribution in [1.82, 2.24) is 0 Å². The van der Waals surface area contributed by atoms with Gasteiger partial charge in [0.1, 0.15) is 22.7 Å². The Morgan fingerprint density at radius 2 is 1.12 bits per heavy atom. The van der Waals surface area contributed by atoms with E-state index < -0.39 is 33.6 Å². The van der Waals surface area contributed by atoms with Gasteiger partial charge >= 0.3 is 12.3 Å². The van der Waals surface area contributed by atoms with Crippen molar-refractivity contribution in [3.05, 3.63) is 66.7 Å². The first-order valence-electron chi connectivity index (χ1n) is 12.1. The summed E-state index contributed by atoms with van der Waals surface area (Å²) in [4.78, 5) is 25.0. The molecule has 11 heteroatoms. The summed E-state index contributed by atoms with van der Waals surface area (Å²) in [6.45, 7) is 10.6. The molecule has 0 heterocycles. The van der Waals surface area contributed by atoms with Crippen LogP contribution in [0.1, 0.15) is 41.5 Å². The summed E-state index contributed by atoms with van der Waals surface area (Å²) in [6.07, 6.45) is -0.835. The van der Waals surface area contributed by atoms with E-state index in [4.69, 9.17) is 23.5 Å². The third-order valence-corrected chi connectivity index (χ3v) is 4.86. The highest BCUT2D eigenvalue weighted by Gasteiger charge is 2.20. The second-order valence-electron chi connectivity index (χ2n) is 10.6. The van der Waals surface area contributed by atoms with Crippen LogP contribution in [0.15, 0.2) is 71.6 Å². The Bertz CT molecular complexity index is 1440. The quantitative estimate of drug-likeness (QED) is 0.138. The van der Waals surface area contributed by atoms with Gasteiger partial charge in [-0.25, -0.2) is 9.59 Å². The first kappa shape index (κ1) is 32.7. The van der Waals surface area contributed by atoms with Gasteiger partial charge in [-0.2, -0.15) is 8.42 Å². The molecule has 3 aromatic carbocycles. The minimum absolute atomic E-state index is 0.348. The van der Waals surface area contributed by atoms with Crippen molar-refractivity contribution in [3.63, 3.8) is 0 Å². The first-order chi connectivity index (χ1) is 18.3. The van der Waals surface area contributed by atoms with Gasteiger partial charge in [-0.1, -0.05) is 36.4 Å². The van der Waals surface area contributed by atoms with Crippen LogP contribution in [0.5, 0.6) is 11.5 Å². The fourth-order valence-electron chi connectivity index (χ4n) is 3.26. The van der Waals surface area contributed by atoms with E-state index in [2.05, 4.69) is 12.6 Å². The Morgan fingerprint density at radius 3 is 1.57 bits per heavy atom. The van der Waals surface area contributed by atoms with E-state index in [0.29, 0.717) is 17.8 Å². The standard InChI is InChI=1S/C28H30O6S.CH4O3S/c1-27(2,3)33-25(29)31-20-12-7-10-18(16-20)22-14-9-15-23(35)24(22)19-11-8-13-21(17-19)32-26(30)34-28(4,5)6;1-5(2,3)4/h7-17,35H,1-6H3;1H3,(H,2,3,4). The number of hydrogen-bond acceptors (Lipinski definition) is 9. The van der Waals surface area contributed by atoms with Crippen LogP contribution in [0, 0.1) is 0 Å². The fraction of sp³-hybridized carbons (Fsp3) is 0.310. The number of carbonyl (C=O) groups excluding carboxylic acids is 2. The molecule has 0 spiro atoms. The van der Waals surface area contributed by atoms with E-state index in [1.807, 2.05) is 30.3 Å². The third kappa shape index (κ3) is 12.1. The van der Waals surface area contributed by atoms with Gasteiger partial charge in [-0.15, -0.1) is 12.6 Å². The highest BCUT2D eigenvalue weighted by atomic mass is 32.2. The van der Waals surface area contributed by atoms with Crippen molar-refractivity contribution in [2.24, 2.45) is 0 Å². The van der Waals surface area contributed by atoms with Crippen LogP contribution < -0.4 is 9.47 Å². The van der Waals surface area contributed by atoms with Gasteiger partial charge in [-0.05, 0) is 88.6 Å². The second-order valence-corrected chi connectivity index (χ2v) is 12.6. The smallest absolute Gasteiger partial charge is 0.428 e. The zero-order valence-corrected chi connectivity index (χ0v) is 25.1. The van der Waals surface area contributed by atoms with Gasteiger partial charge in [0.05, 0.1) is 6.26 Å². The Hall–Kier alpha value is -3.54. The van der Waals surface area contributed by atoms with E-state index in [9.17, 15) is 18.0 Å². The normalized spacial score (nSPS) is 11.5. The molecule has 0 saturated carbocycles. The number of hydrogen-bond donors (Lipinski definition) is 2. The van der Waals surface area contributed by atoms with Gasteiger partial charge in [-0.3, -0.25) is 4.55 Å². The Labute approximate surface area is 240 Å². The van der Waals surface area contributed by atoms with Gasteiger partial charge in [0.15, 0.2) is 0 Å². The molecule has 0 amide bonds. The molecule has 0 atom stereocenters. The van der Waals surface area contributed by atoms with Crippen LogP contribution in [0.3, 0.4) is 0 Å². The summed E-state index contributed by atoms with van der Waals surface area (Å²) in [7, 11) is -3.67. The summed E-state index contributed by atoms with van der Waals surface area (Å²) in [5.74, 6) is 0.704. The molecule has 0 aliphatic heterocycles. The second kappa shape index (κ2) is 13.2. The topological polar surface area (TPSA) is 125 Å². The molecule has 0 saturated heterocycles. The summed E-state index contributed by atoms with van der Waals surface area (Å²) in [5.41, 5.74) is 1.99. The average molecular weight is 591 g/mol. The lowest BCUT2D eigenvalue weighted by Crippen LogP contribution is -2.26. The minimum Gasteiger partial charge on any atom is -0.428 e. The lowest BCUT2D eigenvalue weighted by atomic mass is 9.94. The van der Waals surface area contributed by atoms with Crippen molar-refractivity contribution in [2.75, 3.05) is 6.26 Å². The molecule has 3 aromatic rings. The van der Waals surface area contributed by atoms with Crippen molar-refractivity contribution >= 4 is 35.1 Å². The van der Waals surface area contributed by atoms with Crippen LogP contribution in [-0.2, 0) is 19.6 Å². The fourth-order valence-corrected chi connectivity index (χ4v) is 3.60. The number of thiol groups is 1. The summed E-state index contributed by atoms with van der Waals surface area (Å²) < 4.78 is 47.1. The summed E-state index contributed by atoms with van der Waals surface area (Å²) in [5, 5.41) is 0. The SMILES string of the molecule is CC(C)(C)OC(=O)Oc1cccc(-c2cccc(S)c2-c2cccc(OC(=O)OC(C)(C)C)c2)c1.CS(=O)(=O)O. The van der Waals surface area contributed by atoms with Gasteiger partial charge in [0, 0.05) is 10.5 Å². The Morgan fingerprint density at radius 1 is 0.725 bits per heavy atom. The molecule has 0 aliphatic rings. The maximum atomic E-state index is 12.1.